The maximum atomic E-state index is 12.6. The molecular formula is C19H22N2O4. The van der Waals surface area contributed by atoms with Crippen molar-refractivity contribution in [3.8, 4) is 17.2 Å². The number of hydrogen-bond acceptors (Lipinski definition) is 5. The fourth-order valence-corrected chi connectivity index (χ4v) is 2.97. The minimum Gasteiger partial charge on any atom is -0.493 e. The predicted octanol–water partition coefficient (Wildman–Crippen LogP) is 3.32. The Kier molecular flexibility index (Phi) is 4.97. The first-order chi connectivity index (χ1) is 12.2. The van der Waals surface area contributed by atoms with Crippen LogP contribution in [0, 0.1) is 0 Å². The van der Waals surface area contributed by atoms with Crippen LogP contribution in [0.5, 0.6) is 17.2 Å². The smallest absolute Gasteiger partial charge is 0.255 e. The molecule has 25 heavy (non-hydrogen) atoms. The molecule has 3 rings (SSSR count). The molecule has 1 amide bonds. The fraction of sp³-hybridized carbons (Fsp3) is 0.316. The van der Waals surface area contributed by atoms with Gasteiger partial charge in [-0.05, 0) is 48.7 Å². The topological polar surface area (TPSA) is 68.8 Å². The van der Waals surface area contributed by atoms with E-state index in [1.165, 1.54) is 26.9 Å². The summed E-state index contributed by atoms with van der Waals surface area (Å²) >= 11 is 0. The number of hydrogen-bond donors (Lipinski definition) is 2. The van der Waals surface area contributed by atoms with Crippen LogP contribution in [0.3, 0.4) is 0 Å². The Labute approximate surface area is 147 Å². The molecule has 0 saturated carbocycles. The Morgan fingerprint density at radius 3 is 2.40 bits per heavy atom. The van der Waals surface area contributed by atoms with E-state index in [0.717, 1.165) is 30.8 Å². The zero-order valence-electron chi connectivity index (χ0n) is 14.6. The number of carbonyl (C=O) groups excluding carboxylic acids is 1. The van der Waals surface area contributed by atoms with Gasteiger partial charge in [0, 0.05) is 23.5 Å². The largest absolute Gasteiger partial charge is 0.493 e. The summed E-state index contributed by atoms with van der Waals surface area (Å²) in [5.74, 6) is 1.12. The summed E-state index contributed by atoms with van der Waals surface area (Å²) in [6.07, 6.45) is 2.10. The molecule has 2 aromatic carbocycles. The first-order valence-electron chi connectivity index (χ1n) is 8.14. The highest BCUT2D eigenvalue weighted by Gasteiger charge is 2.17. The van der Waals surface area contributed by atoms with Gasteiger partial charge >= 0.3 is 0 Å². The highest BCUT2D eigenvalue weighted by atomic mass is 16.5. The second-order valence-electron chi connectivity index (χ2n) is 5.77. The van der Waals surface area contributed by atoms with Crippen LogP contribution in [-0.4, -0.2) is 33.8 Å². The number of fused-ring (bicyclic) bond motifs is 1. The van der Waals surface area contributed by atoms with Crippen molar-refractivity contribution in [2.24, 2.45) is 0 Å². The van der Waals surface area contributed by atoms with Gasteiger partial charge in [0.25, 0.3) is 5.91 Å². The predicted molar refractivity (Wildman–Crippen MR) is 97.3 cm³/mol. The Bertz CT molecular complexity index is 764. The molecule has 0 atom stereocenters. The van der Waals surface area contributed by atoms with Crippen LogP contribution < -0.4 is 24.8 Å². The second kappa shape index (κ2) is 7.34. The molecule has 1 aliphatic rings. The first kappa shape index (κ1) is 17.0. The van der Waals surface area contributed by atoms with Gasteiger partial charge in [-0.3, -0.25) is 4.79 Å². The van der Waals surface area contributed by atoms with Crippen LogP contribution >= 0.6 is 0 Å². The molecule has 1 heterocycles. The number of anilines is 2. The maximum Gasteiger partial charge on any atom is 0.255 e. The van der Waals surface area contributed by atoms with Crippen LogP contribution in [0.1, 0.15) is 22.3 Å². The lowest BCUT2D eigenvalue weighted by Gasteiger charge is -2.19. The lowest BCUT2D eigenvalue weighted by Crippen LogP contribution is -2.15. The third-order valence-corrected chi connectivity index (χ3v) is 4.23. The SMILES string of the molecule is COc1cc(C(=O)Nc2ccc3c(c2)CCCN3)cc(OC)c1OC. The highest BCUT2D eigenvalue weighted by molar-refractivity contribution is 6.05. The monoisotopic (exact) mass is 342 g/mol. The van der Waals surface area contributed by atoms with Gasteiger partial charge in [-0.25, -0.2) is 0 Å². The summed E-state index contributed by atoms with van der Waals surface area (Å²) in [4.78, 5) is 12.6. The number of aryl methyl sites for hydroxylation is 1. The fourth-order valence-electron chi connectivity index (χ4n) is 2.97. The van der Waals surface area contributed by atoms with Crippen molar-refractivity contribution in [2.75, 3.05) is 38.5 Å². The van der Waals surface area contributed by atoms with E-state index >= 15 is 0 Å². The normalized spacial score (nSPS) is 12.6. The van der Waals surface area contributed by atoms with E-state index in [0.29, 0.717) is 22.8 Å². The first-order valence-corrected chi connectivity index (χ1v) is 8.14. The lowest BCUT2D eigenvalue weighted by molar-refractivity contribution is 0.102. The van der Waals surface area contributed by atoms with E-state index in [-0.39, 0.29) is 5.91 Å². The summed E-state index contributed by atoms with van der Waals surface area (Å²) in [5.41, 5.74) is 3.55. The number of rotatable bonds is 5. The Morgan fingerprint density at radius 1 is 1.04 bits per heavy atom. The third-order valence-electron chi connectivity index (χ3n) is 4.23. The number of carbonyl (C=O) groups is 1. The van der Waals surface area contributed by atoms with Gasteiger partial charge in [0.15, 0.2) is 11.5 Å². The van der Waals surface area contributed by atoms with E-state index in [9.17, 15) is 4.79 Å². The summed E-state index contributed by atoms with van der Waals surface area (Å²) in [6, 6.07) is 9.18. The molecule has 6 heteroatoms. The Hall–Kier alpha value is -2.89. The van der Waals surface area contributed by atoms with E-state index in [4.69, 9.17) is 14.2 Å². The average Bonchev–Trinajstić information content (AvgIpc) is 2.66. The minimum absolute atomic E-state index is 0.233. The molecule has 0 saturated heterocycles. The maximum absolute atomic E-state index is 12.6. The van der Waals surface area contributed by atoms with Crippen LogP contribution in [0.2, 0.25) is 0 Å². The van der Waals surface area contributed by atoms with Crippen molar-refractivity contribution in [3.63, 3.8) is 0 Å². The van der Waals surface area contributed by atoms with Gasteiger partial charge < -0.3 is 24.8 Å². The molecule has 132 valence electrons. The van der Waals surface area contributed by atoms with Gasteiger partial charge in [0.05, 0.1) is 21.3 Å². The van der Waals surface area contributed by atoms with Crippen molar-refractivity contribution in [1.82, 2.24) is 0 Å². The summed E-state index contributed by atoms with van der Waals surface area (Å²) in [5, 5.41) is 6.29. The summed E-state index contributed by atoms with van der Waals surface area (Å²) in [6.45, 7) is 0.990. The van der Waals surface area contributed by atoms with E-state index in [1.54, 1.807) is 12.1 Å². The van der Waals surface area contributed by atoms with E-state index < -0.39 is 0 Å². The molecule has 2 aromatic rings. The average molecular weight is 342 g/mol. The summed E-state index contributed by atoms with van der Waals surface area (Å²) < 4.78 is 15.9. The minimum atomic E-state index is -0.233. The van der Waals surface area contributed by atoms with Gasteiger partial charge in [-0.2, -0.15) is 0 Å². The lowest BCUT2D eigenvalue weighted by atomic mass is 10.0. The zero-order valence-corrected chi connectivity index (χ0v) is 14.6. The molecule has 6 nitrogen and oxygen atoms in total. The van der Waals surface area contributed by atoms with Gasteiger partial charge in [-0.15, -0.1) is 0 Å². The molecular weight excluding hydrogens is 320 g/mol. The van der Waals surface area contributed by atoms with Crippen molar-refractivity contribution in [3.05, 3.63) is 41.5 Å². The van der Waals surface area contributed by atoms with Crippen LogP contribution in [-0.2, 0) is 6.42 Å². The third kappa shape index (κ3) is 3.47. The molecule has 2 N–H and O–H groups in total. The van der Waals surface area contributed by atoms with Crippen molar-refractivity contribution < 1.29 is 19.0 Å². The zero-order chi connectivity index (χ0) is 17.8. The quantitative estimate of drug-likeness (QED) is 0.872. The van der Waals surface area contributed by atoms with Crippen molar-refractivity contribution in [1.29, 1.82) is 0 Å². The standard InChI is InChI=1S/C19H22N2O4/c1-23-16-10-13(11-17(24-2)18(16)25-3)19(22)21-14-6-7-15-12(9-14)5-4-8-20-15/h6-7,9-11,20H,4-5,8H2,1-3H3,(H,21,22). The number of benzene rings is 2. The highest BCUT2D eigenvalue weighted by Crippen LogP contribution is 2.38. The van der Waals surface area contributed by atoms with Gasteiger partial charge in [0.2, 0.25) is 5.75 Å². The number of ether oxygens (including phenoxy) is 3. The molecule has 0 spiro atoms. The number of amides is 1. The number of methoxy groups -OCH3 is 3. The van der Waals surface area contributed by atoms with Gasteiger partial charge in [-0.1, -0.05) is 0 Å². The Balaban J connectivity index is 1.86. The van der Waals surface area contributed by atoms with Crippen molar-refractivity contribution in [2.45, 2.75) is 12.8 Å². The van der Waals surface area contributed by atoms with E-state index in [2.05, 4.69) is 10.6 Å². The molecule has 0 bridgehead atoms. The summed E-state index contributed by atoms with van der Waals surface area (Å²) in [7, 11) is 4.58. The molecule has 0 unspecified atom stereocenters. The molecule has 0 aromatic heterocycles. The molecule has 1 aliphatic heterocycles. The van der Waals surface area contributed by atoms with E-state index in [1.807, 2.05) is 18.2 Å². The van der Waals surface area contributed by atoms with Crippen LogP contribution in [0.4, 0.5) is 11.4 Å². The second-order valence-corrected chi connectivity index (χ2v) is 5.77. The number of nitrogens with one attached hydrogen (secondary N) is 2. The van der Waals surface area contributed by atoms with Crippen LogP contribution in [0.15, 0.2) is 30.3 Å². The van der Waals surface area contributed by atoms with Crippen molar-refractivity contribution >= 4 is 17.3 Å². The molecule has 0 radical (unpaired) electrons. The molecule has 0 fully saturated rings. The van der Waals surface area contributed by atoms with Crippen LogP contribution in [0.25, 0.3) is 0 Å². The molecule has 0 aliphatic carbocycles. The van der Waals surface area contributed by atoms with Gasteiger partial charge in [0.1, 0.15) is 0 Å². The Morgan fingerprint density at radius 2 is 1.76 bits per heavy atom.